The number of carbonyl (C=O) groups is 1. The average molecular weight is 296 g/mol. The van der Waals surface area contributed by atoms with Crippen molar-refractivity contribution in [3.8, 4) is 0 Å². The molecule has 0 saturated heterocycles. The summed E-state index contributed by atoms with van der Waals surface area (Å²) in [4.78, 5) is 14.5. The van der Waals surface area contributed by atoms with Crippen LogP contribution in [0.3, 0.4) is 0 Å². The Morgan fingerprint density at radius 3 is 2.30 bits per heavy atom. The van der Waals surface area contributed by atoms with Crippen LogP contribution in [0.25, 0.3) is 0 Å². The van der Waals surface area contributed by atoms with Gasteiger partial charge in [-0.25, -0.2) is 8.42 Å². The molecule has 0 heterocycles. The van der Waals surface area contributed by atoms with Crippen molar-refractivity contribution in [2.24, 2.45) is 5.73 Å². The first kappa shape index (κ1) is 15.0. The molecule has 1 aromatic rings. The third-order valence-corrected chi connectivity index (χ3v) is 4.80. The van der Waals surface area contributed by atoms with Gasteiger partial charge in [0.15, 0.2) is 9.84 Å². The average Bonchev–Trinajstić information content (AvgIpc) is 2.34. The van der Waals surface area contributed by atoms with Gasteiger partial charge >= 0.3 is 0 Å². The van der Waals surface area contributed by atoms with Crippen molar-refractivity contribution in [1.29, 1.82) is 0 Å². The smallest absolute Gasteiger partial charge is 0.254 e. The van der Waals surface area contributed by atoms with E-state index in [0.29, 0.717) is 18.7 Å². The van der Waals surface area contributed by atoms with Gasteiger partial charge in [0.2, 0.25) is 0 Å². The van der Waals surface area contributed by atoms with Crippen LogP contribution in [0.4, 0.5) is 0 Å². The summed E-state index contributed by atoms with van der Waals surface area (Å²) >= 11 is 0. The number of benzene rings is 1. The fraction of sp³-hybridized carbons (Fsp3) is 0.500. The largest absolute Gasteiger partial charge is 0.334 e. The van der Waals surface area contributed by atoms with Gasteiger partial charge in [-0.3, -0.25) is 4.79 Å². The maximum absolute atomic E-state index is 12.5. The minimum atomic E-state index is -3.23. The van der Waals surface area contributed by atoms with Crippen LogP contribution in [0.5, 0.6) is 0 Å². The Morgan fingerprint density at radius 1 is 1.30 bits per heavy atom. The number of carbonyl (C=O) groups excluding carboxylic acids is 1. The predicted molar refractivity (Wildman–Crippen MR) is 77.3 cm³/mol. The molecule has 0 unspecified atom stereocenters. The highest BCUT2D eigenvalue weighted by Gasteiger charge is 2.28. The zero-order chi connectivity index (χ0) is 14.8. The molecule has 1 fully saturated rings. The summed E-state index contributed by atoms with van der Waals surface area (Å²) < 4.78 is 22.8. The van der Waals surface area contributed by atoms with Gasteiger partial charge in [-0.1, -0.05) is 0 Å². The van der Waals surface area contributed by atoms with E-state index in [2.05, 4.69) is 0 Å². The molecule has 20 heavy (non-hydrogen) atoms. The molecule has 1 aliphatic rings. The third kappa shape index (κ3) is 3.19. The van der Waals surface area contributed by atoms with Gasteiger partial charge in [-0.2, -0.15) is 0 Å². The van der Waals surface area contributed by atoms with Crippen molar-refractivity contribution < 1.29 is 13.2 Å². The number of sulfone groups is 1. The minimum Gasteiger partial charge on any atom is -0.334 e. The highest BCUT2D eigenvalue weighted by atomic mass is 32.2. The molecule has 1 saturated carbocycles. The van der Waals surface area contributed by atoms with Gasteiger partial charge in [-0.05, 0) is 43.5 Å². The zero-order valence-corrected chi connectivity index (χ0v) is 12.4. The molecule has 6 heteroatoms. The number of rotatable bonds is 5. The van der Waals surface area contributed by atoms with E-state index in [1.807, 2.05) is 0 Å². The Bertz CT molecular complexity index is 577. The van der Waals surface area contributed by atoms with Crippen LogP contribution < -0.4 is 5.73 Å². The first-order valence-electron chi connectivity index (χ1n) is 6.74. The SMILES string of the molecule is CS(=O)(=O)c1ccc(C(=O)N(CCN)C2CCC2)cc1. The first-order chi connectivity index (χ1) is 9.43. The van der Waals surface area contributed by atoms with E-state index in [0.717, 1.165) is 25.5 Å². The summed E-state index contributed by atoms with van der Waals surface area (Å²) in [6.07, 6.45) is 4.34. The maximum Gasteiger partial charge on any atom is 0.254 e. The minimum absolute atomic E-state index is 0.0693. The number of amides is 1. The highest BCUT2D eigenvalue weighted by Crippen LogP contribution is 2.26. The standard InChI is InChI=1S/C14H20N2O3S/c1-20(18,19)13-7-5-11(6-8-13)14(17)16(10-9-15)12-3-2-4-12/h5-8,12H,2-4,9-10,15H2,1H3. The van der Waals surface area contributed by atoms with Crippen molar-refractivity contribution in [1.82, 2.24) is 4.90 Å². The quantitative estimate of drug-likeness (QED) is 0.880. The molecule has 1 aliphatic carbocycles. The van der Waals surface area contributed by atoms with E-state index < -0.39 is 9.84 Å². The molecular formula is C14H20N2O3S. The predicted octanol–water partition coefficient (Wildman–Crippen LogP) is 1.04. The van der Waals surface area contributed by atoms with Crippen molar-refractivity contribution in [3.63, 3.8) is 0 Å². The Kier molecular flexibility index (Phi) is 4.45. The zero-order valence-electron chi connectivity index (χ0n) is 11.6. The summed E-state index contributed by atoms with van der Waals surface area (Å²) in [5, 5.41) is 0. The number of nitrogens with two attached hydrogens (primary N) is 1. The second-order valence-electron chi connectivity index (χ2n) is 5.17. The molecule has 2 N–H and O–H groups in total. The van der Waals surface area contributed by atoms with Gasteiger partial charge < -0.3 is 10.6 Å². The lowest BCUT2D eigenvalue weighted by atomic mass is 9.91. The molecule has 2 rings (SSSR count). The first-order valence-corrected chi connectivity index (χ1v) is 8.64. The number of hydrogen-bond donors (Lipinski definition) is 1. The Morgan fingerprint density at radius 2 is 1.90 bits per heavy atom. The third-order valence-electron chi connectivity index (χ3n) is 3.68. The number of hydrogen-bond acceptors (Lipinski definition) is 4. The van der Waals surface area contributed by atoms with Crippen LogP contribution in [0.1, 0.15) is 29.6 Å². The van der Waals surface area contributed by atoms with Crippen molar-refractivity contribution in [2.45, 2.75) is 30.2 Å². The lowest BCUT2D eigenvalue weighted by Crippen LogP contribution is -2.46. The Hall–Kier alpha value is -1.40. The Labute approximate surface area is 119 Å². The molecule has 1 amide bonds. The molecule has 0 atom stereocenters. The van der Waals surface area contributed by atoms with Crippen LogP contribution in [0.15, 0.2) is 29.2 Å². The van der Waals surface area contributed by atoms with Gasteiger partial charge in [0, 0.05) is 31.0 Å². The monoisotopic (exact) mass is 296 g/mol. The summed E-state index contributed by atoms with van der Waals surface area (Å²) in [6, 6.07) is 6.37. The summed E-state index contributed by atoms with van der Waals surface area (Å²) in [5.74, 6) is -0.0693. The van der Waals surface area contributed by atoms with Gasteiger partial charge in [0.1, 0.15) is 0 Å². The fourth-order valence-electron chi connectivity index (χ4n) is 2.30. The maximum atomic E-state index is 12.5. The van der Waals surface area contributed by atoms with Crippen molar-refractivity contribution in [3.05, 3.63) is 29.8 Å². The molecule has 0 aromatic heterocycles. The topological polar surface area (TPSA) is 80.5 Å². The van der Waals surface area contributed by atoms with E-state index >= 15 is 0 Å². The molecule has 0 spiro atoms. The lowest BCUT2D eigenvalue weighted by Gasteiger charge is -2.37. The van der Waals surface area contributed by atoms with Crippen LogP contribution >= 0.6 is 0 Å². The molecule has 5 nitrogen and oxygen atoms in total. The van der Waals surface area contributed by atoms with E-state index in [1.165, 1.54) is 12.1 Å². The highest BCUT2D eigenvalue weighted by molar-refractivity contribution is 7.90. The van der Waals surface area contributed by atoms with Gasteiger partial charge in [0.25, 0.3) is 5.91 Å². The van der Waals surface area contributed by atoms with E-state index in [4.69, 9.17) is 5.73 Å². The van der Waals surface area contributed by atoms with Gasteiger partial charge in [-0.15, -0.1) is 0 Å². The molecule has 1 aromatic carbocycles. The number of nitrogens with zero attached hydrogens (tertiary/aromatic N) is 1. The van der Waals surface area contributed by atoms with Gasteiger partial charge in [0.05, 0.1) is 4.90 Å². The second-order valence-corrected chi connectivity index (χ2v) is 7.18. The summed E-state index contributed by atoms with van der Waals surface area (Å²) in [6.45, 7) is 0.973. The fourth-order valence-corrected chi connectivity index (χ4v) is 2.93. The van der Waals surface area contributed by atoms with Crippen molar-refractivity contribution in [2.75, 3.05) is 19.3 Å². The van der Waals surface area contributed by atoms with Crippen molar-refractivity contribution >= 4 is 15.7 Å². The molecule has 0 bridgehead atoms. The molecule has 0 aliphatic heterocycles. The van der Waals surface area contributed by atoms with Crippen LogP contribution in [-0.4, -0.2) is 44.6 Å². The molecule has 110 valence electrons. The van der Waals surface area contributed by atoms with Crippen LogP contribution in [-0.2, 0) is 9.84 Å². The second kappa shape index (κ2) is 5.93. The lowest BCUT2D eigenvalue weighted by molar-refractivity contribution is 0.0588. The van der Waals surface area contributed by atoms with E-state index in [-0.39, 0.29) is 16.8 Å². The summed E-state index contributed by atoms with van der Waals surface area (Å²) in [7, 11) is -3.23. The summed E-state index contributed by atoms with van der Waals surface area (Å²) in [5.41, 5.74) is 6.08. The Balaban J connectivity index is 2.18. The molecular weight excluding hydrogens is 276 g/mol. The molecule has 0 radical (unpaired) electrons. The van der Waals surface area contributed by atoms with E-state index in [1.54, 1.807) is 17.0 Å². The normalized spacial score (nSPS) is 15.7. The van der Waals surface area contributed by atoms with Crippen LogP contribution in [0, 0.1) is 0 Å². The van der Waals surface area contributed by atoms with E-state index in [9.17, 15) is 13.2 Å². The van der Waals surface area contributed by atoms with Crippen LogP contribution in [0.2, 0.25) is 0 Å².